The van der Waals surface area contributed by atoms with Crippen molar-refractivity contribution in [3.05, 3.63) is 40.5 Å². The minimum absolute atomic E-state index is 0.419. The third kappa shape index (κ3) is 1.45. The zero-order valence-corrected chi connectivity index (χ0v) is 9.23. The molecule has 1 heterocycles. The van der Waals surface area contributed by atoms with Gasteiger partial charge in [0.2, 0.25) is 0 Å². The summed E-state index contributed by atoms with van der Waals surface area (Å²) in [6.07, 6.45) is 4.05. The van der Waals surface area contributed by atoms with E-state index in [0.29, 0.717) is 21.5 Å². The van der Waals surface area contributed by atoms with E-state index < -0.39 is 11.6 Å². The van der Waals surface area contributed by atoms with Crippen LogP contribution in [0.25, 0.3) is 10.9 Å². The largest absolute Gasteiger partial charge is 0.344 e. The quantitative estimate of drug-likeness (QED) is 0.679. The molecule has 1 saturated carbocycles. The van der Waals surface area contributed by atoms with Crippen LogP contribution in [0.4, 0.5) is 8.78 Å². The number of nitrogens with zero attached hydrogens (tertiary/aromatic N) is 1. The zero-order valence-electron chi connectivity index (χ0n) is 8.41. The molecule has 1 fully saturated rings. The van der Waals surface area contributed by atoms with E-state index in [9.17, 15) is 8.78 Å². The van der Waals surface area contributed by atoms with Crippen LogP contribution < -0.4 is 0 Å². The molecule has 1 aromatic heterocycles. The van der Waals surface area contributed by atoms with E-state index in [0.717, 1.165) is 12.8 Å². The van der Waals surface area contributed by atoms with Crippen molar-refractivity contribution >= 4 is 23.1 Å². The lowest BCUT2D eigenvalue weighted by molar-refractivity contribution is 0.510. The van der Waals surface area contributed by atoms with Crippen LogP contribution in [-0.2, 0) is 0 Å². The Labute approximate surface area is 96.3 Å². The first kappa shape index (κ1) is 9.90. The minimum Gasteiger partial charge on any atom is -0.344 e. The van der Waals surface area contributed by atoms with Crippen molar-refractivity contribution in [2.45, 2.75) is 18.9 Å². The van der Waals surface area contributed by atoms with E-state index in [1.165, 1.54) is 12.1 Å². The van der Waals surface area contributed by atoms with E-state index >= 15 is 0 Å². The summed E-state index contributed by atoms with van der Waals surface area (Å²) in [4.78, 5) is 0. The highest BCUT2D eigenvalue weighted by atomic mass is 32.1. The van der Waals surface area contributed by atoms with Gasteiger partial charge in [0, 0.05) is 28.2 Å². The molecule has 3 rings (SSSR count). The normalized spacial score (nSPS) is 15.6. The fraction of sp³-hybridized carbons (Fsp3) is 0.250. The predicted octanol–water partition coefficient (Wildman–Crippen LogP) is 3.98. The number of fused-ring (bicyclic) bond motifs is 1. The average Bonchev–Trinajstić information content (AvgIpc) is 3.05. The number of rotatable bonds is 1. The summed E-state index contributed by atoms with van der Waals surface area (Å²) in [6.45, 7) is 0. The molecule has 0 aliphatic heterocycles. The zero-order chi connectivity index (χ0) is 11.3. The summed E-state index contributed by atoms with van der Waals surface area (Å²) in [5.74, 6) is -1.66. The number of aromatic nitrogens is 1. The maximum absolute atomic E-state index is 13.2. The van der Waals surface area contributed by atoms with Crippen molar-refractivity contribution in [3.63, 3.8) is 0 Å². The van der Waals surface area contributed by atoms with Crippen LogP contribution in [-0.4, -0.2) is 4.57 Å². The van der Waals surface area contributed by atoms with Crippen LogP contribution in [0.5, 0.6) is 0 Å². The van der Waals surface area contributed by atoms with E-state index in [2.05, 4.69) is 0 Å². The maximum atomic E-state index is 13.2. The van der Waals surface area contributed by atoms with Gasteiger partial charge in [-0.3, -0.25) is 0 Å². The van der Waals surface area contributed by atoms with Crippen LogP contribution in [0.1, 0.15) is 18.9 Å². The van der Waals surface area contributed by atoms with Gasteiger partial charge in [-0.2, -0.15) is 0 Å². The van der Waals surface area contributed by atoms with Crippen LogP contribution in [0.3, 0.4) is 0 Å². The highest BCUT2D eigenvalue weighted by Crippen LogP contribution is 2.37. The van der Waals surface area contributed by atoms with Crippen molar-refractivity contribution < 1.29 is 8.78 Å². The Bertz CT molecular complexity index is 629. The second kappa shape index (κ2) is 3.35. The Morgan fingerprint density at radius 3 is 2.56 bits per heavy atom. The number of pyridine rings is 1. The maximum Gasteiger partial charge on any atom is 0.160 e. The van der Waals surface area contributed by atoms with Crippen molar-refractivity contribution in [3.8, 4) is 0 Å². The molecule has 1 aliphatic rings. The van der Waals surface area contributed by atoms with E-state index in [-0.39, 0.29) is 0 Å². The van der Waals surface area contributed by atoms with Crippen molar-refractivity contribution in [2.24, 2.45) is 0 Å². The first-order valence-corrected chi connectivity index (χ1v) is 5.57. The third-order valence-corrected chi connectivity index (χ3v) is 3.27. The summed E-state index contributed by atoms with van der Waals surface area (Å²) in [6, 6.07) is 4.61. The summed E-state index contributed by atoms with van der Waals surface area (Å²) in [5, 5.41) is 0.614. The fourth-order valence-electron chi connectivity index (χ4n) is 1.94. The Morgan fingerprint density at radius 2 is 1.88 bits per heavy atom. The lowest BCUT2D eigenvalue weighted by Crippen LogP contribution is -1.98. The van der Waals surface area contributed by atoms with Gasteiger partial charge < -0.3 is 4.57 Å². The highest BCUT2D eigenvalue weighted by molar-refractivity contribution is 7.71. The van der Waals surface area contributed by atoms with Crippen molar-refractivity contribution in [2.75, 3.05) is 0 Å². The summed E-state index contributed by atoms with van der Waals surface area (Å²) >= 11 is 5.12. The van der Waals surface area contributed by atoms with E-state index in [1.54, 1.807) is 6.07 Å². The number of benzene rings is 1. The van der Waals surface area contributed by atoms with Crippen LogP contribution >= 0.6 is 12.2 Å². The molecule has 82 valence electrons. The van der Waals surface area contributed by atoms with Gasteiger partial charge in [0.25, 0.3) is 0 Å². The second-order valence-corrected chi connectivity index (χ2v) is 4.54. The topological polar surface area (TPSA) is 4.93 Å². The fourth-order valence-corrected chi connectivity index (χ4v) is 2.16. The molecule has 0 amide bonds. The molecule has 0 atom stereocenters. The molecular formula is C12H9F2NS. The van der Waals surface area contributed by atoms with Gasteiger partial charge in [-0.25, -0.2) is 8.78 Å². The molecule has 0 radical (unpaired) electrons. The van der Waals surface area contributed by atoms with E-state index in [1.807, 2.05) is 10.8 Å². The Morgan fingerprint density at radius 1 is 1.19 bits per heavy atom. The average molecular weight is 237 g/mol. The monoisotopic (exact) mass is 237 g/mol. The standard InChI is InChI=1S/C12H9F2NS/c13-9-5-8-11(6-10(9)14)15(7-1-2-7)4-3-12(8)16/h3-7H,1-2H2. The van der Waals surface area contributed by atoms with Crippen LogP contribution in [0.15, 0.2) is 24.4 Å². The summed E-state index contributed by atoms with van der Waals surface area (Å²) in [5.41, 5.74) is 0.689. The summed E-state index contributed by atoms with van der Waals surface area (Å²) < 4.78 is 28.9. The second-order valence-electron chi connectivity index (χ2n) is 4.10. The van der Waals surface area contributed by atoms with Gasteiger partial charge in [0.1, 0.15) is 0 Å². The number of halogens is 2. The molecule has 2 aromatic rings. The van der Waals surface area contributed by atoms with Gasteiger partial charge in [-0.1, -0.05) is 12.2 Å². The first-order valence-electron chi connectivity index (χ1n) is 5.17. The van der Waals surface area contributed by atoms with Gasteiger partial charge in [0.05, 0.1) is 5.52 Å². The Hall–Kier alpha value is -1.29. The van der Waals surface area contributed by atoms with Crippen molar-refractivity contribution in [1.82, 2.24) is 4.57 Å². The van der Waals surface area contributed by atoms with Gasteiger partial charge in [0.15, 0.2) is 11.6 Å². The van der Waals surface area contributed by atoms with Crippen LogP contribution in [0.2, 0.25) is 0 Å². The van der Waals surface area contributed by atoms with Gasteiger partial charge >= 0.3 is 0 Å². The Balaban J connectivity index is 2.42. The molecule has 0 unspecified atom stereocenters. The molecule has 4 heteroatoms. The molecule has 16 heavy (non-hydrogen) atoms. The first-order chi connectivity index (χ1) is 7.66. The lowest BCUT2D eigenvalue weighted by atomic mass is 10.2. The lowest BCUT2D eigenvalue weighted by Gasteiger charge is -2.10. The molecular weight excluding hydrogens is 228 g/mol. The summed E-state index contributed by atoms with van der Waals surface area (Å²) in [7, 11) is 0. The Kier molecular flexibility index (Phi) is 2.07. The van der Waals surface area contributed by atoms with Crippen molar-refractivity contribution in [1.29, 1.82) is 0 Å². The van der Waals surface area contributed by atoms with Gasteiger partial charge in [-0.05, 0) is 25.0 Å². The third-order valence-electron chi connectivity index (χ3n) is 2.91. The molecule has 1 aromatic carbocycles. The van der Waals surface area contributed by atoms with E-state index in [4.69, 9.17) is 12.2 Å². The molecule has 0 bridgehead atoms. The minimum atomic E-state index is -0.841. The van der Waals surface area contributed by atoms with Gasteiger partial charge in [-0.15, -0.1) is 0 Å². The number of hydrogen-bond donors (Lipinski definition) is 0. The molecule has 0 N–H and O–H groups in total. The number of hydrogen-bond acceptors (Lipinski definition) is 1. The molecule has 0 saturated heterocycles. The van der Waals surface area contributed by atoms with Crippen LogP contribution in [0, 0.1) is 16.1 Å². The predicted molar refractivity (Wildman–Crippen MR) is 61.0 cm³/mol. The molecule has 0 spiro atoms. The molecule has 1 aliphatic carbocycles. The smallest absolute Gasteiger partial charge is 0.160 e. The SMILES string of the molecule is Fc1cc2c(=S)ccn(C3CC3)c2cc1F. The molecule has 1 nitrogen and oxygen atoms in total. The highest BCUT2D eigenvalue weighted by Gasteiger charge is 2.24.